The highest BCUT2D eigenvalue weighted by Gasteiger charge is 2.11. The Hall–Kier alpha value is -2.07. The highest BCUT2D eigenvalue weighted by atomic mass is 16.5. The van der Waals surface area contributed by atoms with Gasteiger partial charge < -0.3 is 38.3 Å². The second kappa shape index (κ2) is 16.5. The Morgan fingerprint density at radius 2 is 1.35 bits per heavy atom. The van der Waals surface area contributed by atoms with Crippen molar-refractivity contribution in [1.82, 2.24) is 15.6 Å². The van der Waals surface area contributed by atoms with Crippen LogP contribution in [0, 0.1) is 0 Å². The van der Waals surface area contributed by atoms with E-state index in [0.29, 0.717) is 19.0 Å². The molecule has 0 aliphatic rings. The molecule has 190 valence electrons. The van der Waals surface area contributed by atoms with Gasteiger partial charge in [-0.15, -0.1) is 0 Å². The van der Waals surface area contributed by atoms with Crippen molar-refractivity contribution in [2.75, 3.05) is 46.4 Å². The molecule has 0 spiro atoms. The van der Waals surface area contributed by atoms with E-state index in [9.17, 15) is 0 Å². The highest BCUT2D eigenvalue weighted by molar-refractivity contribution is 5.64. The molecule has 1 aromatic heterocycles. The van der Waals surface area contributed by atoms with E-state index in [0.717, 1.165) is 75.8 Å². The van der Waals surface area contributed by atoms with Crippen LogP contribution < -0.4 is 38.3 Å². The molecule has 2 rings (SSSR count). The van der Waals surface area contributed by atoms with Crippen LogP contribution in [0.2, 0.25) is 0 Å². The molecule has 2 aromatic rings. The van der Waals surface area contributed by atoms with Crippen molar-refractivity contribution >= 4 is 0 Å². The lowest BCUT2D eigenvalue weighted by Crippen LogP contribution is -2.30. The van der Waals surface area contributed by atoms with Crippen LogP contribution in [-0.4, -0.2) is 63.4 Å². The molecule has 0 saturated carbocycles. The minimum absolute atomic E-state index is 0.0860. The zero-order valence-electron chi connectivity index (χ0n) is 20.8. The molecular formula is C26H45N7O. The minimum atomic E-state index is 0.0860. The highest BCUT2D eigenvalue weighted by Crippen LogP contribution is 2.25. The van der Waals surface area contributed by atoms with Gasteiger partial charge in [-0.2, -0.15) is 0 Å². The molecule has 0 fully saturated rings. The summed E-state index contributed by atoms with van der Waals surface area (Å²) in [5.41, 5.74) is 28.7. The van der Waals surface area contributed by atoms with E-state index in [2.05, 4.69) is 33.8 Å². The number of ether oxygens (including phenoxy) is 1. The number of methoxy groups -OCH3 is 1. The average molecular weight is 472 g/mol. The summed E-state index contributed by atoms with van der Waals surface area (Å²) in [5, 5.41) is 6.82. The smallest absolute Gasteiger partial charge is 0.212 e. The fraction of sp³-hybridized carbons (Fsp3) is 0.577. The van der Waals surface area contributed by atoms with E-state index in [4.69, 9.17) is 27.7 Å². The van der Waals surface area contributed by atoms with Crippen LogP contribution >= 0.6 is 0 Å². The van der Waals surface area contributed by atoms with Gasteiger partial charge in [-0.25, -0.2) is 4.98 Å². The summed E-state index contributed by atoms with van der Waals surface area (Å²) in [4.78, 5) is 4.38. The standard InChI is InChI=1S/C26H45N7O/c1-34-26-5-4-22(19-33-26)23-15-20(17-24(29)6-12-31-10-2-8-27)14-21(16-23)18-25(30)7-13-32-11-3-9-28/h4-5,14-16,19,24-25,31-32H,2-3,6-13,17-18,27-30H2,1H3. The molecular weight excluding hydrogens is 426 g/mol. The lowest BCUT2D eigenvalue weighted by Gasteiger charge is -2.17. The Labute approximate surface area is 205 Å². The first kappa shape index (κ1) is 28.2. The van der Waals surface area contributed by atoms with Crippen LogP contribution in [0.1, 0.15) is 36.8 Å². The molecule has 0 saturated heterocycles. The molecule has 0 amide bonds. The summed E-state index contributed by atoms with van der Waals surface area (Å²) in [7, 11) is 1.62. The first-order chi connectivity index (χ1) is 16.5. The average Bonchev–Trinajstić information content (AvgIpc) is 2.83. The summed E-state index contributed by atoms with van der Waals surface area (Å²) in [6.45, 7) is 5.09. The Balaban J connectivity index is 2.07. The van der Waals surface area contributed by atoms with Gasteiger partial charge in [0.15, 0.2) is 0 Å². The third-order valence-corrected chi connectivity index (χ3v) is 5.83. The Bertz CT molecular complexity index is 760. The number of aromatic nitrogens is 1. The Morgan fingerprint density at radius 1 is 0.794 bits per heavy atom. The van der Waals surface area contributed by atoms with Gasteiger partial charge in [0.25, 0.3) is 0 Å². The van der Waals surface area contributed by atoms with Crippen molar-refractivity contribution in [3.8, 4) is 17.0 Å². The maximum atomic E-state index is 6.47. The number of nitrogens with two attached hydrogens (primary N) is 4. The summed E-state index contributed by atoms with van der Waals surface area (Å²) >= 11 is 0. The van der Waals surface area contributed by atoms with E-state index in [-0.39, 0.29) is 12.1 Å². The van der Waals surface area contributed by atoms with Crippen molar-refractivity contribution in [2.45, 2.75) is 50.6 Å². The molecule has 0 aliphatic heterocycles. The van der Waals surface area contributed by atoms with Crippen LogP contribution in [0.5, 0.6) is 5.88 Å². The molecule has 2 atom stereocenters. The second-order valence-corrected chi connectivity index (χ2v) is 8.92. The molecule has 0 aliphatic carbocycles. The van der Waals surface area contributed by atoms with Gasteiger partial charge in [-0.3, -0.25) is 0 Å². The van der Waals surface area contributed by atoms with Gasteiger partial charge in [0, 0.05) is 29.9 Å². The second-order valence-electron chi connectivity index (χ2n) is 8.92. The maximum absolute atomic E-state index is 6.47. The lowest BCUT2D eigenvalue weighted by atomic mass is 9.93. The zero-order valence-corrected chi connectivity index (χ0v) is 20.8. The van der Waals surface area contributed by atoms with E-state index < -0.39 is 0 Å². The number of hydrogen-bond donors (Lipinski definition) is 6. The SMILES string of the molecule is COc1ccc(-c2cc(CC(N)CCNCCCN)cc(CC(N)CCNCCCN)c2)cn1. The van der Waals surface area contributed by atoms with Gasteiger partial charge >= 0.3 is 0 Å². The number of rotatable bonds is 18. The third-order valence-electron chi connectivity index (χ3n) is 5.83. The van der Waals surface area contributed by atoms with Gasteiger partial charge in [0.1, 0.15) is 0 Å². The largest absolute Gasteiger partial charge is 0.481 e. The monoisotopic (exact) mass is 471 g/mol. The van der Waals surface area contributed by atoms with Crippen LogP contribution in [0.3, 0.4) is 0 Å². The summed E-state index contributed by atoms with van der Waals surface area (Å²) < 4.78 is 5.21. The lowest BCUT2D eigenvalue weighted by molar-refractivity contribution is 0.398. The minimum Gasteiger partial charge on any atom is -0.481 e. The van der Waals surface area contributed by atoms with Gasteiger partial charge in [-0.1, -0.05) is 18.2 Å². The molecule has 2 unspecified atom stereocenters. The summed E-state index contributed by atoms with van der Waals surface area (Å²) in [5.74, 6) is 0.605. The van der Waals surface area contributed by atoms with E-state index in [1.54, 1.807) is 7.11 Å². The fourth-order valence-electron chi connectivity index (χ4n) is 3.93. The first-order valence-corrected chi connectivity index (χ1v) is 12.5. The molecule has 8 heteroatoms. The van der Waals surface area contributed by atoms with Gasteiger partial charge in [0.05, 0.1) is 7.11 Å². The number of nitrogens with one attached hydrogen (secondary N) is 2. The van der Waals surface area contributed by atoms with Crippen molar-refractivity contribution < 1.29 is 4.74 Å². The molecule has 1 aromatic carbocycles. The third kappa shape index (κ3) is 10.9. The normalized spacial score (nSPS) is 13.1. The Kier molecular flexibility index (Phi) is 13.7. The number of pyridine rings is 1. The number of nitrogens with zero attached hydrogens (tertiary/aromatic N) is 1. The predicted octanol–water partition coefficient (Wildman–Crippen LogP) is 1.15. The van der Waals surface area contributed by atoms with Crippen molar-refractivity contribution in [1.29, 1.82) is 0 Å². The topological polar surface area (TPSA) is 150 Å². The number of hydrogen-bond acceptors (Lipinski definition) is 8. The van der Waals surface area contributed by atoms with Gasteiger partial charge in [0.2, 0.25) is 5.88 Å². The molecule has 0 radical (unpaired) electrons. The van der Waals surface area contributed by atoms with Crippen LogP contribution in [-0.2, 0) is 12.8 Å². The van der Waals surface area contributed by atoms with Crippen molar-refractivity contribution in [3.63, 3.8) is 0 Å². The predicted molar refractivity (Wildman–Crippen MR) is 142 cm³/mol. The van der Waals surface area contributed by atoms with Crippen LogP contribution in [0.15, 0.2) is 36.5 Å². The van der Waals surface area contributed by atoms with Crippen LogP contribution in [0.25, 0.3) is 11.1 Å². The molecule has 0 bridgehead atoms. The van der Waals surface area contributed by atoms with E-state index in [1.165, 1.54) is 11.1 Å². The first-order valence-electron chi connectivity index (χ1n) is 12.5. The molecule has 8 nitrogen and oxygen atoms in total. The molecule has 10 N–H and O–H groups in total. The molecule has 1 heterocycles. The quantitative estimate of drug-likeness (QED) is 0.177. The van der Waals surface area contributed by atoms with Crippen LogP contribution in [0.4, 0.5) is 0 Å². The van der Waals surface area contributed by atoms with Gasteiger partial charge in [-0.05, 0) is 101 Å². The van der Waals surface area contributed by atoms with Crippen molar-refractivity contribution in [2.24, 2.45) is 22.9 Å². The number of benzene rings is 1. The van der Waals surface area contributed by atoms with E-state index in [1.807, 2.05) is 18.3 Å². The summed E-state index contributed by atoms with van der Waals surface area (Å²) in [6, 6.07) is 10.8. The fourth-order valence-corrected chi connectivity index (χ4v) is 3.93. The molecule has 34 heavy (non-hydrogen) atoms. The zero-order chi connectivity index (χ0) is 24.6. The summed E-state index contributed by atoms with van der Waals surface area (Å²) in [6.07, 6.45) is 7.30. The van der Waals surface area contributed by atoms with E-state index >= 15 is 0 Å². The maximum Gasteiger partial charge on any atom is 0.212 e. The van der Waals surface area contributed by atoms with Crippen molar-refractivity contribution in [3.05, 3.63) is 47.7 Å². The Morgan fingerprint density at radius 3 is 1.79 bits per heavy atom.